The first kappa shape index (κ1) is 14.3. The summed E-state index contributed by atoms with van der Waals surface area (Å²) >= 11 is 6.07. The van der Waals surface area contributed by atoms with Gasteiger partial charge in [0.1, 0.15) is 6.33 Å². The third kappa shape index (κ3) is 3.01. The van der Waals surface area contributed by atoms with Gasteiger partial charge in [-0.05, 0) is 29.3 Å². The fourth-order valence-corrected chi connectivity index (χ4v) is 2.37. The van der Waals surface area contributed by atoms with Crippen molar-refractivity contribution in [1.29, 1.82) is 0 Å². The maximum Gasteiger partial charge on any atom is 0.239 e. The first-order valence-corrected chi connectivity index (χ1v) is 6.97. The van der Waals surface area contributed by atoms with Crippen molar-refractivity contribution < 1.29 is 4.74 Å². The minimum atomic E-state index is 0.247. The molecule has 0 radical (unpaired) electrons. The van der Waals surface area contributed by atoms with E-state index in [0.29, 0.717) is 17.4 Å². The Morgan fingerprint density at radius 3 is 2.82 bits per heavy atom. The summed E-state index contributed by atoms with van der Waals surface area (Å²) in [6, 6.07) is 9.55. The van der Waals surface area contributed by atoms with Crippen LogP contribution in [0.3, 0.4) is 0 Å². The summed E-state index contributed by atoms with van der Waals surface area (Å²) in [4.78, 5) is 8.25. The number of methoxy groups -OCH3 is 1. The zero-order chi connectivity index (χ0) is 15.5. The van der Waals surface area contributed by atoms with E-state index in [1.165, 1.54) is 0 Å². The number of nitrogen functional groups attached to an aromatic ring is 1. The van der Waals surface area contributed by atoms with E-state index in [1.807, 2.05) is 30.3 Å². The molecule has 0 aliphatic carbocycles. The van der Waals surface area contributed by atoms with Crippen LogP contribution in [0.15, 0.2) is 42.9 Å². The Labute approximate surface area is 132 Å². The second-order valence-corrected chi connectivity index (χ2v) is 5.15. The molecule has 2 N–H and O–H groups in total. The van der Waals surface area contributed by atoms with Crippen molar-refractivity contribution in [3.8, 4) is 17.0 Å². The van der Waals surface area contributed by atoms with E-state index in [-0.39, 0.29) is 5.95 Å². The number of benzene rings is 1. The number of anilines is 1. The van der Waals surface area contributed by atoms with Crippen LogP contribution in [0.4, 0.5) is 5.95 Å². The van der Waals surface area contributed by atoms with Crippen molar-refractivity contribution in [2.24, 2.45) is 0 Å². The molecule has 0 atom stereocenters. The van der Waals surface area contributed by atoms with Crippen LogP contribution >= 0.6 is 11.6 Å². The van der Waals surface area contributed by atoms with E-state index >= 15 is 0 Å². The number of hydrogen-bond acceptors (Lipinski definition) is 5. The minimum absolute atomic E-state index is 0.247. The van der Waals surface area contributed by atoms with E-state index in [9.17, 15) is 0 Å². The molecule has 112 valence electrons. The molecule has 7 heteroatoms. The topological polar surface area (TPSA) is 78.8 Å². The van der Waals surface area contributed by atoms with Gasteiger partial charge < -0.3 is 10.5 Å². The van der Waals surface area contributed by atoms with Crippen molar-refractivity contribution >= 4 is 17.5 Å². The van der Waals surface area contributed by atoms with Gasteiger partial charge in [0.05, 0.1) is 13.7 Å². The first-order chi connectivity index (χ1) is 10.7. The summed E-state index contributed by atoms with van der Waals surface area (Å²) in [6.45, 7) is 0.523. The second kappa shape index (κ2) is 6.03. The maximum absolute atomic E-state index is 6.07. The molecular weight excluding hydrogens is 302 g/mol. The zero-order valence-corrected chi connectivity index (χ0v) is 12.7. The van der Waals surface area contributed by atoms with Gasteiger partial charge in [0, 0.05) is 16.8 Å². The van der Waals surface area contributed by atoms with E-state index < -0.39 is 0 Å². The van der Waals surface area contributed by atoms with Gasteiger partial charge >= 0.3 is 0 Å². The van der Waals surface area contributed by atoms with Crippen LogP contribution in [-0.4, -0.2) is 26.9 Å². The Bertz CT molecular complexity index is 802. The summed E-state index contributed by atoms with van der Waals surface area (Å²) in [5.74, 6) is 0.792. The molecule has 0 saturated carbocycles. The molecule has 2 aromatic heterocycles. The van der Waals surface area contributed by atoms with Gasteiger partial charge in [-0.2, -0.15) is 0 Å². The largest absolute Gasteiger partial charge is 0.481 e. The lowest BCUT2D eigenvalue weighted by Crippen LogP contribution is -2.03. The molecule has 0 amide bonds. The lowest BCUT2D eigenvalue weighted by molar-refractivity contribution is 0.399. The first-order valence-electron chi connectivity index (χ1n) is 6.59. The molecule has 3 rings (SSSR count). The highest BCUT2D eigenvalue weighted by molar-refractivity contribution is 6.30. The van der Waals surface area contributed by atoms with Crippen LogP contribution < -0.4 is 10.5 Å². The predicted molar refractivity (Wildman–Crippen MR) is 84.8 cm³/mol. The third-order valence-corrected chi connectivity index (χ3v) is 3.37. The Balaban J connectivity index is 1.99. The molecule has 0 aliphatic rings. The summed E-state index contributed by atoms with van der Waals surface area (Å²) in [5.41, 5.74) is 8.29. The van der Waals surface area contributed by atoms with Crippen LogP contribution in [0.25, 0.3) is 11.1 Å². The Morgan fingerprint density at radius 1 is 1.27 bits per heavy atom. The highest BCUT2D eigenvalue weighted by atomic mass is 35.5. The highest BCUT2D eigenvalue weighted by Crippen LogP contribution is 2.30. The van der Waals surface area contributed by atoms with Gasteiger partial charge in [-0.1, -0.05) is 23.7 Å². The molecular formula is C15H14ClN5O. The molecule has 0 bridgehead atoms. The predicted octanol–water partition coefficient (Wildman–Crippen LogP) is 2.63. The van der Waals surface area contributed by atoms with Crippen molar-refractivity contribution in [2.45, 2.75) is 6.54 Å². The lowest BCUT2D eigenvalue weighted by atomic mass is 10.1. The number of ether oxygens (including phenoxy) is 1. The summed E-state index contributed by atoms with van der Waals surface area (Å²) in [6.07, 6.45) is 3.32. The average Bonchev–Trinajstić information content (AvgIpc) is 2.92. The van der Waals surface area contributed by atoms with Crippen LogP contribution in [0.2, 0.25) is 5.02 Å². The number of nitrogens with two attached hydrogens (primary N) is 1. The molecule has 0 unspecified atom stereocenters. The van der Waals surface area contributed by atoms with Crippen molar-refractivity contribution in [3.63, 3.8) is 0 Å². The van der Waals surface area contributed by atoms with E-state index in [2.05, 4.69) is 15.1 Å². The average molecular weight is 316 g/mol. The molecule has 1 aromatic carbocycles. The standard InChI is InChI=1S/C15H14ClN5O/c1-22-14-13(11-3-2-4-12(16)6-11)5-10(7-18-14)8-21-9-19-15(17)20-21/h2-7,9H,8H2,1H3,(H2,17,20). The van der Waals surface area contributed by atoms with Crippen LogP contribution in [0, 0.1) is 0 Å². The van der Waals surface area contributed by atoms with E-state index in [1.54, 1.807) is 24.3 Å². The molecule has 22 heavy (non-hydrogen) atoms. The fourth-order valence-electron chi connectivity index (χ4n) is 2.18. The van der Waals surface area contributed by atoms with Gasteiger partial charge in [0.25, 0.3) is 0 Å². The van der Waals surface area contributed by atoms with Crippen LogP contribution in [0.5, 0.6) is 5.88 Å². The maximum atomic E-state index is 6.07. The molecule has 0 spiro atoms. The molecule has 0 saturated heterocycles. The highest BCUT2D eigenvalue weighted by Gasteiger charge is 2.10. The van der Waals surface area contributed by atoms with Crippen molar-refractivity contribution in [3.05, 3.63) is 53.4 Å². The third-order valence-electron chi connectivity index (χ3n) is 3.14. The van der Waals surface area contributed by atoms with Gasteiger partial charge in [-0.25, -0.2) is 14.6 Å². The molecule has 3 aromatic rings. The molecule has 0 aliphatic heterocycles. The number of hydrogen-bond donors (Lipinski definition) is 1. The summed E-state index contributed by atoms with van der Waals surface area (Å²) in [7, 11) is 1.59. The zero-order valence-electron chi connectivity index (χ0n) is 11.9. The van der Waals surface area contributed by atoms with Gasteiger partial charge in [-0.15, -0.1) is 5.10 Å². The van der Waals surface area contributed by atoms with Crippen LogP contribution in [-0.2, 0) is 6.54 Å². The number of pyridine rings is 1. The summed E-state index contributed by atoms with van der Waals surface area (Å²) < 4.78 is 6.99. The fraction of sp³-hybridized carbons (Fsp3) is 0.133. The SMILES string of the molecule is COc1ncc(Cn2cnc(N)n2)cc1-c1cccc(Cl)c1. The Kier molecular flexibility index (Phi) is 3.93. The molecule has 0 fully saturated rings. The smallest absolute Gasteiger partial charge is 0.239 e. The van der Waals surface area contributed by atoms with Crippen molar-refractivity contribution in [2.75, 3.05) is 12.8 Å². The van der Waals surface area contributed by atoms with E-state index in [4.69, 9.17) is 22.1 Å². The van der Waals surface area contributed by atoms with Gasteiger partial charge in [0.2, 0.25) is 11.8 Å². The molecule has 6 nitrogen and oxygen atoms in total. The van der Waals surface area contributed by atoms with E-state index in [0.717, 1.165) is 16.7 Å². The molecule has 2 heterocycles. The monoisotopic (exact) mass is 315 g/mol. The summed E-state index contributed by atoms with van der Waals surface area (Å²) in [5, 5.41) is 4.73. The lowest BCUT2D eigenvalue weighted by Gasteiger charge is -2.10. The Hall–Kier alpha value is -2.60. The number of halogens is 1. The van der Waals surface area contributed by atoms with Crippen molar-refractivity contribution in [1.82, 2.24) is 19.7 Å². The minimum Gasteiger partial charge on any atom is -0.481 e. The van der Waals surface area contributed by atoms with Crippen LogP contribution in [0.1, 0.15) is 5.56 Å². The quantitative estimate of drug-likeness (QED) is 0.800. The Morgan fingerprint density at radius 2 is 2.14 bits per heavy atom. The van der Waals surface area contributed by atoms with Gasteiger partial charge in [-0.3, -0.25) is 0 Å². The normalized spacial score (nSPS) is 10.6. The number of aromatic nitrogens is 4. The second-order valence-electron chi connectivity index (χ2n) is 4.71. The number of nitrogens with zero attached hydrogens (tertiary/aromatic N) is 4. The van der Waals surface area contributed by atoms with Gasteiger partial charge in [0.15, 0.2) is 0 Å². The number of rotatable bonds is 4.